The molecule has 1 atom stereocenters. The van der Waals surface area contributed by atoms with Gasteiger partial charge in [0.15, 0.2) is 0 Å². The minimum Gasteiger partial charge on any atom is -0.330 e. The summed E-state index contributed by atoms with van der Waals surface area (Å²) in [5.74, 6) is 0.863. The van der Waals surface area contributed by atoms with E-state index in [1.165, 1.54) is 22.0 Å². The van der Waals surface area contributed by atoms with Crippen LogP contribution in [0.4, 0.5) is 0 Å². The van der Waals surface area contributed by atoms with Gasteiger partial charge in [0.1, 0.15) is 0 Å². The highest BCUT2D eigenvalue weighted by Crippen LogP contribution is 2.46. The summed E-state index contributed by atoms with van der Waals surface area (Å²) in [4.78, 5) is 0. The molecule has 2 rings (SSSR count). The number of hydrogen-bond donors (Lipinski definition) is 1. The summed E-state index contributed by atoms with van der Waals surface area (Å²) in [5, 5.41) is 0. The zero-order valence-electron chi connectivity index (χ0n) is 9.17. The van der Waals surface area contributed by atoms with E-state index in [2.05, 4.69) is 53.8 Å². The van der Waals surface area contributed by atoms with E-state index in [-0.39, 0.29) is 0 Å². The molecule has 0 aliphatic heterocycles. The van der Waals surface area contributed by atoms with Crippen molar-refractivity contribution in [2.45, 2.75) is 26.2 Å². The summed E-state index contributed by atoms with van der Waals surface area (Å²) in [7, 11) is 0. The van der Waals surface area contributed by atoms with E-state index < -0.39 is 0 Å². The molecule has 0 saturated heterocycles. The third-order valence-corrected chi connectivity index (χ3v) is 4.27. The van der Waals surface area contributed by atoms with Crippen molar-refractivity contribution >= 4 is 22.6 Å². The van der Waals surface area contributed by atoms with E-state index in [4.69, 9.17) is 5.73 Å². The van der Waals surface area contributed by atoms with Crippen LogP contribution in [0.3, 0.4) is 0 Å². The Hall–Kier alpha value is -0.0900. The lowest BCUT2D eigenvalue weighted by Crippen LogP contribution is -2.31. The summed E-state index contributed by atoms with van der Waals surface area (Å²) >= 11 is 2.34. The van der Waals surface area contributed by atoms with Crippen molar-refractivity contribution in [2.24, 2.45) is 17.1 Å². The van der Waals surface area contributed by atoms with Crippen molar-refractivity contribution in [3.05, 3.63) is 33.4 Å². The maximum Gasteiger partial charge on any atom is 0.0130 e. The number of nitrogens with two attached hydrogens (primary N) is 1. The van der Waals surface area contributed by atoms with Crippen molar-refractivity contribution in [1.29, 1.82) is 0 Å². The Kier molecular flexibility index (Phi) is 3.36. The first-order chi connectivity index (χ1) is 7.14. The van der Waals surface area contributed by atoms with E-state index in [1.54, 1.807) is 0 Å². The topological polar surface area (TPSA) is 26.0 Å². The summed E-state index contributed by atoms with van der Waals surface area (Å²) in [6.07, 6.45) is 3.88. The highest BCUT2D eigenvalue weighted by atomic mass is 127. The van der Waals surface area contributed by atoms with Crippen molar-refractivity contribution in [3.8, 4) is 0 Å². The quantitative estimate of drug-likeness (QED) is 0.849. The minimum absolute atomic E-state index is 0.326. The van der Waals surface area contributed by atoms with Gasteiger partial charge in [-0.05, 0) is 77.4 Å². The molecule has 0 bridgehead atoms. The molecule has 1 aromatic carbocycles. The molecule has 1 fully saturated rings. The number of benzene rings is 1. The average molecular weight is 315 g/mol. The third kappa shape index (κ3) is 2.72. The van der Waals surface area contributed by atoms with E-state index in [0.717, 1.165) is 18.9 Å². The Morgan fingerprint density at radius 2 is 1.93 bits per heavy atom. The summed E-state index contributed by atoms with van der Waals surface area (Å²) in [5.41, 5.74) is 7.68. The molecular weight excluding hydrogens is 297 g/mol. The predicted octanol–water partition coefficient (Wildman–Crippen LogP) is 3.21. The minimum atomic E-state index is 0.326. The maximum atomic E-state index is 5.92. The molecule has 82 valence electrons. The monoisotopic (exact) mass is 315 g/mol. The fourth-order valence-corrected chi connectivity index (χ4v) is 2.59. The lowest BCUT2D eigenvalue weighted by Gasteiger charge is -2.28. The van der Waals surface area contributed by atoms with Crippen molar-refractivity contribution < 1.29 is 0 Å². The maximum absolute atomic E-state index is 5.92. The van der Waals surface area contributed by atoms with Gasteiger partial charge in [-0.1, -0.05) is 19.1 Å². The summed E-state index contributed by atoms with van der Waals surface area (Å²) in [6.45, 7) is 3.15. The van der Waals surface area contributed by atoms with Gasteiger partial charge in [0.25, 0.3) is 0 Å². The van der Waals surface area contributed by atoms with Crippen LogP contribution in [0.2, 0.25) is 0 Å². The molecule has 0 amide bonds. The van der Waals surface area contributed by atoms with E-state index in [9.17, 15) is 0 Å². The summed E-state index contributed by atoms with van der Waals surface area (Å²) < 4.78 is 1.30. The zero-order valence-corrected chi connectivity index (χ0v) is 11.3. The largest absolute Gasteiger partial charge is 0.330 e. The molecule has 1 nitrogen and oxygen atoms in total. The molecule has 15 heavy (non-hydrogen) atoms. The highest BCUT2D eigenvalue weighted by molar-refractivity contribution is 14.1. The first kappa shape index (κ1) is 11.4. The van der Waals surface area contributed by atoms with Gasteiger partial charge in [0, 0.05) is 3.57 Å². The lowest BCUT2D eigenvalue weighted by molar-refractivity contribution is 0.282. The molecule has 1 unspecified atom stereocenters. The molecule has 2 N–H and O–H groups in total. The van der Waals surface area contributed by atoms with Gasteiger partial charge in [-0.15, -0.1) is 0 Å². The SMILES string of the molecule is CC(CN)(Cc1ccc(I)cc1)C1CC1. The number of hydrogen-bond acceptors (Lipinski definition) is 1. The lowest BCUT2D eigenvalue weighted by atomic mass is 9.79. The third-order valence-electron chi connectivity index (χ3n) is 3.55. The van der Waals surface area contributed by atoms with Gasteiger partial charge in [-0.3, -0.25) is 0 Å². The molecule has 1 saturated carbocycles. The molecule has 1 aliphatic rings. The van der Waals surface area contributed by atoms with Gasteiger partial charge >= 0.3 is 0 Å². The van der Waals surface area contributed by atoms with E-state index in [1.807, 2.05) is 0 Å². The van der Waals surface area contributed by atoms with Gasteiger partial charge in [0.2, 0.25) is 0 Å². The van der Waals surface area contributed by atoms with Crippen LogP contribution in [0.1, 0.15) is 25.3 Å². The molecule has 1 aliphatic carbocycles. The molecule has 0 heterocycles. The van der Waals surface area contributed by atoms with Gasteiger partial charge in [-0.25, -0.2) is 0 Å². The Bertz CT molecular complexity index is 329. The Labute approximate surface area is 106 Å². The second-order valence-corrected chi connectivity index (χ2v) is 6.18. The summed E-state index contributed by atoms with van der Waals surface area (Å²) in [6, 6.07) is 8.83. The normalized spacial score (nSPS) is 19.9. The van der Waals surface area contributed by atoms with Crippen molar-refractivity contribution in [2.75, 3.05) is 6.54 Å². The van der Waals surface area contributed by atoms with Gasteiger partial charge in [-0.2, -0.15) is 0 Å². The van der Waals surface area contributed by atoms with Crippen LogP contribution in [0.25, 0.3) is 0 Å². The van der Waals surface area contributed by atoms with Crippen molar-refractivity contribution in [3.63, 3.8) is 0 Å². The van der Waals surface area contributed by atoms with Gasteiger partial charge in [0.05, 0.1) is 0 Å². The second kappa shape index (κ2) is 4.42. The van der Waals surface area contributed by atoms with Crippen LogP contribution in [-0.4, -0.2) is 6.54 Å². The highest BCUT2D eigenvalue weighted by Gasteiger charge is 2.40. The Morgan fingerprint density at radius 1 is 1.33 bits per heavy atom. The van der Waals surface area contributed by atoms with E-state index in [0.29, 0.717) is 5.41 Å². The fourth-order valence-electron chi connectivity index (χ4n) is 2.23. The smallest absolute Gasteiger partial charge is 0.0130 e. The van der Waals surface area contributed by atoms with Crippen LogP contribution >= 0.6 is 22.6 Å². The van der Waals surface area contributed by atoms with E-state index >= 15 is 0 Å². The standard InChI is InChI=1S/C13H18IN/c1-13(9-15,11-4-5-11)8-10-2-6-12(14)7-3-10/h2-3,6-7,11H,4-5,8-9,15H2,1H3. The molecule has 0 radical (unpaired) electrons. The molecule has 0 aromatic heterocycles. The molecule has 1 aromatic rings. The van der Waals surface area contributed by atoms with Crippen LogP contribution in [0, 0.1) is 14.9 Å². The van der Waals surface area contributed by atoms with Crippen LogP contribution in [0.5, 0.6) is 0 Å². The molecular formula is C13H18IN. The predicted molar refractivity (Wildman–Crippen MR) is 72.7 cm³/mol. The first-order valence-electron chi connectivity index (χ1n) is 5.58. The fraction of sp³-hybridized carbons (Fsp3) is 0.538. The Morgan fingerprint density at radius 3 is 2.40 bits per heavy atom. The molecule has 2 heteroatoms. The second-order valence-electron chi connectivity index (χ2n) is 4.94. The van der Waals surface area contributed by atoms with Crippen LogP contribution in [0.15, 0.2) is 24.3 Å². The average Bonchev–Trinajstić information content (AvgIpc) is 3.05. The molecule has 0 spiro atoms. The number of halogens is 1. The van der Waals surface area contributed by atoms with Crippen LogP contribution in [-0.2, 0) is 6.42 Å². The van der Waals surface area contributed by atoms with Crippen LogP contribution < -0.4 is 5.73 Å². The first-order valence-corrected chi connectivity index (χ1v) is 6.66. The Balaban J connectivity index is 2.09. The zero-order chi connectivity index (χ0) is 10.9. The number of rotatable bonds is 4. The van der Waals surface area contributed by atoms with Crippen molar-refractivity contribution in [1.82, 2.24) is 0 Å². The van der Waals surface area contributed by atoms with Gasteiger partial charge < -0.3 is 5.73 Å².